The number of carbonyl (C=O) groups is 2. The molecule has 226 valence electrons. The quantitative estimate of drug-likeness (QED) is 0.131. The van der Waals surface area contributed by atoms with Crippen LogP contribution in [-0.4, -0.2) is 67.4 Å². The van der Waals surface area contributed by atoms with Gasteiger partial charge in [0.2, 0.25) is 0 Å². The molecule has 3 aromatic heterocycles. The molecular formula is C26H23ClF3N7O5S. The van der Waals surface area contributed by atoms with Crippen molar-refractivity contribution < 1.29 is 32.4 Å². The number of thiophene rings is 1. The summed E-state index contributed by atoms with van der Waals surface area (Å²) < 4.78 is 43.7. The van der Waals surface area contributed by atoms with E-state index in [-0.39, 0.29) is 40.6 Å². The Labute approximate surface area is 250 Å². The van der Waals surface area contributed by atoms with Crippen molar-refractivity contribution in [1.29, 1.82) is 0 Å². The smallest absolute Gasteiger partial charge is 0.409 e. The number of nitro groups is 1. The molecule has 2 amide bonds. The third-order valence-electron chi connectivity index (χ3n) is 6.68. The summed E-state index contributed by atoms with van der Waals surface area (Å²) in [5.41, 5.74) is 1.03. The molecule has 0 saturated carbocycles. The molecule has 5 rings (SSSR count). The van der Waals surface area contributed by atoms with E-state index in [1.165, 1.54) is 23.2 Å². The van der Waals surface area contributed by atoms with Crippen molar-refractivity contribution in [3.63, 3.8) is 0 Å². The minimum atomic E-state index is -4.30. The maximum absolute atomic E-state index is 13.0. The maximum atomic E-state index is 13.0. The Balaban J connectivity index is 1.36. The number of fused-ring (bicyclic) bond motifs is 1. The average Bonchev–Trinajstić information content (AvgIpc) is 3.64. The van der Waals surface area contributed by atoms with Gasteiger partial charge in [0.1, 0.15) is 5.82 Å². The van der Waals surface area contributed by atoms with Gasteiger partial charge in [0.15, 0.2) is 11.5 Å². The van der Waals surface area contributed by atoms with Gasteiger partial charge in [-0.3, -0.25) is 14.9 Å². The summed E-state index contributed by atoms with van der Waals surface area (Å²) in [7, 11) is 0. The fourth-order valence-corrected chi connectivity index (χ4v) is 5.39. The van der Waals surface area contributed by atoms with Crippen molar-refractivity contribution in [3.8, 4) is 11.4 Å². The van der Waals surface area contributed by atoms with Crippen LogP contribution in [-0.2, 0) is 4.74 Å². The second kappa shape index (κ2) is 12.5. The highest BCUT2D eigenvalue weighted by molar-refractivity contribution is 7.17. The molecule has 0 atom stereocenters. The Kier molecular flexibility index (Phi) is 8.77. The topological polar surface area (TPSA) is 145 Å². The second-order valence-electron chi connectivity index (χ2n) is 9.63. The Morgan fingerprint density at radius 1 is 1.14 bits per heavy atom. The molecule has 1 aromatic carbocycles. The van der Waals surface area contributed by atoms with Crippen LogP contribution in [0.25, 0.3) is 22.4 Å². The first kappa shape index (κ1) is 30.2. The number of ether oxygens (including phenoxy) is 1. The van der Waals surface area contributed by atoms with Crippen LogP contribution in [0.1, 0.15) is 41.4 Å². The van der Waals surface area contributed by atoms with Crippen LogP contribution in [0, 0.1) is 10.1 Å². The predicted octanol–water partition coefficient (Wildman–Crippen LogP) is 6.48. The van der Waals surface area contributed by atoms with E-state index < -0.39 is 29.5 Å². The molecule has 12 nitrogen and oxygen atoms in total. The number of benzene rings is 1. The number of aromatic nitrogens is 4. The van der Waals surface area contributed by atoms with Gasteiger partial charge >= 0.3 is 17.3 Å². The third kappa shape index (κ3) is 7.19. The molecule has 4 heterocycles. The normalized spacial score (nSPS) is 14.2. The maximum Gasteiger partial charge on any atom is 0.409 e. The molecule has 0 bridgehead atoms. The van der Waals surface area contributed by atoms with Crippen LogP contribution in [0.2, 0.25) is 5.02 Å². The van der Waals surface area contributed by atoms with E-state index in [0.29, 0.717) is 47.6 Å². The monoisotopic (exact) mass is 637 g/mol. The number of nitrogens with one attached hydrogen (secondary N) is 1. The average molecular weight is 638 g/mol. The summed E-state index contributed by atoms with van der Waals surface area (Å²) in [6.45, 7) is 0.264. The molecule has 0 spiro atoms. The lowest BCUT2D eigenvalue weighted by Crippen LogP contribution is -2.39. The molecule has 17 heteroatoms. The fraction of sp³-hybridized carbons (Fsp3) is 0.346. The molecule has 0 unspecified atom stereocenters. The van der Waals surface area contributed by atoms with Crippen LogP contribution in [0.5, 0.6) is 0 Å². The molecule has 1 aliphatic heterocycles. The largest absolute Gasteiger partial charge is 0.449 e. The van der Waals surface area contributed by atoms with Gasteiger partial charge in [-0.15, -0.1) is 0 Å². The van der Waals surface area contributed by atoms with Gasteiger partial charge < -0.3 is 15.0 Å². The molecular weight excluding hydrogens is 615 g/mol. The number of halogens is 4. The van der Waals surface area contributed by atoms with E-state index in [2.05, 4.69) is 15.4 Å². The SMILES string of the molecule is O=C(Nc1nc(-c2ccc(Cl)cc2)nc2c1cnn2C1CCN(C(=O)OCCCC(F)(F)F)CC1)c1ccc([N+](=O)[O-])s1. The highest BCUT2D eigenvalue weighted by Gasteiger charge is 2.29. The number of nitrogens with zero attached hydrogens (tertiary/aromatic N) is 6. The van der Waals surface area contributed by atoms with Gasteiger partial charge in [0, 0.05) is 36.2 Å². The molecule has 0 aliphatic carbocycles. The molecule has 1 saturated heterocycles. The summed E-state index contributed by atoms with van der Waals surface area (Å²) >= 11 is 6.77. The van der Waals surface area contributed by atoms with Crippen LogP contribution in [0.3, 0.4) is 0 Å². The minimum absolute atomic E-state index is 0.122. The van der Waals surface area contributed by atoms with Crippen LogP contribution in [0.15, 0.2) is 42.6 Å². The summed E-state index contributed by atoms with van der Waals surface area (Å²) in [6, 6.07) is 9.19. The first-order valence-corrected chi connectivity index (χ1v) is 14.2. The van der Waals surface area contributed by atoms with E-state index in [1.54, 1.807) is 28.9 Å². The molecule has 1 N–H and O–H groups in total. The molecule has 43 heavy (non-hydrogen) atoms. The minimum Gasteiger partial charge on any atom is -0.449 e. The number of likely N-dealkylation sites (tertiary alicyclic amines) is 1. The van der Waals surface area contributed by atoms with E-state index in [4.69, 9.17) is 21.3 Å². The summed E-state index contributed by atoms with van der Waals surface area (Å²) in [4.78, 5) is 46.7. The number of amides is 2. The number of hydrogen-bond donors (Lipinski definition) is 1. The zero-order chi connectivity index (χ0) is 30.7. The van der Waals surface area contributed by atoms with E-state index >= 15 is 0 Å². The van der Waals surface area contributed by atoms with Crippen molar-refractivity contribution in [3.05, 3.63) is 62.6 Å². The Morgan fingerprint density at radius 2 is 1.86 bits per heavy atom. The summed E-state index contributed by atoms with van der Waals surface area (Å²) in [5.74, 6) is -0.157. The molecule has 0 radical (unpaired) electrons. The Morgan fingerprint density at radius 3 is 2.51 bits per heavy atom. The standard InChI is InChI=1S/C26H23ClF3N7O5S/c27-16-4-2-15(3-5-16)21-32-22(34-24(38)19-6-7-20(43-19)37(40)41)18-14-31-36(23(18)33-21)17-8-11-35(12-9-17)25(39)42-13-1-10-26(28,29)30/h2-7,14,17H,1,8-13H2,(H,32,33,34,38). The molecule has 1 fully saturated rings. The predicted molar refractivity (Wildman–Crippen MR) is 151 cm³/mol. The zero-order valence-corrected chi connectivity index (χ0v) is 23.8. The number of hydrogen-bond acceptors (Lipinski definition) is 9. The second-order valence-corrected chi connectivity index (χ2v) is 11.1. The van der Waals surface area contributed by atoms with E-state index in [9.17, 15) is 32.9 Å². The van der Waals surface area contributed by atoms with Crippen molar-refractivity contribution in [2.75, 3.05) is 25.0 Å². The lowest BCUT2D eigenvalue weighted by Gasteiger charge is -2.31. The molecule has 1 aliphatic rings. The summed E-state index contributed by atoms with van der Waals surface area (Å²) in [5, 5.41) is 19.1. The lowest BCUT2D eigenvalue weighted by molar-refractivity contribution is -0.380. The third-order valence-corrected chi connectivity index (χ3v) is 7.97. The van der Waals surface area contributed by atoms with Crippen LogP contribution < -0.4 is 5.32 Å². The number of anilines is 1. The zero-order valence-electron chi connectivity index (χ0n) is 22.2. The van der Waals surface area contributed by atoms with Gasteiger partial charge in [-0.1, -0.05) is 22.9 Å². The van der Waals surface area contributed by atoms with Crippen LogP contribution >= 0.6 is 22.9 Å². The molecule has 4 aromatic rings. The van der Waals surface area contributed by atoms with Crippen LogP contribution in [0.4, 0.5) is 28.8 Å². The van der Waals surface area contributed by atoms with Gasteiger partial charge in [0.05, 0.1) is 34.0 Å². The van der Waals surface area contributed by atoms with Crippen molar-refractivity contribution in [2.45, 2.75) is 37.9 Å². The van der Waals surface area contributed by atoms with Gasteiger partial charge in [-0.05, 0) is 49.6 Å². The van der Waals surface area contributed by atoms with Crippen molar-refractivity contribution in [1.82, 2.24) is 24.6 Å². The number of rotatable bonds is 8. The van der Waals surface area contributed by atoms with Gasteiger partial charge in [-0.25, -0.2) is 19.4 Å². The first-order chi connectivity index (χ1) is 20.5. The number of carbonyl (C=O) groups excluding carboxylic acids is 2. The lowest BCUT2D eigenvalue weighted by atomic mass is 10.1. The van der Waals surface area contributed by atoms with Gasteiger partial charge in [-0.2, -0.15) is 18.3 Å². The van der Waals surface area contributed by atoms with Gasteiger partial charge in [0.25, 0.3) is 5.91 Å². The number of piperidine rings is 1. The summed E-state index contributed by atoms with van der Waals surface area (Å²) in [6.07, 6.45) is -3.86. The Hall–Kier alpha value is -4.31. The van der Waals surface area contributed by atoms with E-state index in [0.717, 1.165) is 11.3 Å². The first-order valence-electron chi connectivity index (χ1n) is 13.0. The fourth-order valence-electron chi connectivity index (χ4n) is 4.55. The van der Waals surface area contributed by atoms with E-state index in [1.807, 2.05) is 0 Å². The number of alkyl halides is 3. The van der Waals surface area contributed by atoms with Crippen molar-refractivity contribution >= 4 is 56.8 Å². The van der Waals surface area contributed by atoms with Crippen molar-refractivity contribution in [2.24, 2.45) is 0 Å². The Bertz CT molecular complexity index is 1650. The highest BCUT2D eigenvalue weighted by Crippen LogP contribution is 2.32. The highest BCUT2D eigenvalue weighted by atomic mass is 35.5.